The zero-order valence-electron chi connectivity index (χ0n) is 18.7. The Labute approximate surface area is 180 Å². The molecule has 0 aromatic heterocycles. The van der Waals surface area contributed by atoms with Crippen molar-refractivity contribution in [3.63, 3.8) is 0 Å². The maximum atomic E-state index is 13.4. The summed E-state index contributed by atoms with van der Waals surface area (Å²) < 4.78 is 6.51. The second-order valence-electron chi connectivity index (χ2n) is 9.14. The summed E-state index contributed by atoms with van der Waals surface area (Å²) in [5.41, 5.74) is 4.90. The second-order valence-corrected chi connectivity index (χ2v) is 10.4. The minimum absolute atomic E-state index is 0.0505. The van der Waals surface area contributed by atoms with Gasteiger partial charge in [-0.05, 0) is 54.3 Å². The van der Waals surface area contributed by atoms with Gasteiger partial charge in [0.1, 0.15) is 0 Å². The zero-order valence-corrected chi connectivity index (χ0v) is 19.5. The van der Waals surface area contributed by atoms with Crippen LogP contribution in [0.15, 0.2) is 42.5 Å². The van der Waals surface area contributed by atoms with Gasteiger partial charge in [-0.15, -0.1) is 0 Å². The first-order valence-corrected chi connectivity index (χ1v) is 11.9. The highest BCUT2D eigenvalue weighted by molar-refractivity contribution is 7.98. The fourth-order valence-corrected chi connectivity index (χ4v) is 4.50. The fraction of sp³-hybridized carbons (Fsp3) is 0.480. The molecular weight excluding hydrogens is 375 g/mol. The lowest BCUT2D eigenvalue weighted by molar-refractivity contribution is 0.0375. The molecule has 0 atom stereocenters. The Morgan fingerprint density at radius 2 is 1.69 bits per heavy atom. The molecule has 29 heavy (non-hydrogen) atoms. The Bertz CT molecular complexity index is 855. The highest BCUT2D eigenvalue weighted by Crippen LogP contribution is 2.45. The molecule has 1 heterocycles. The fourth-order valence-electron chi connectivity index (χ4n) is 3.88. The summed E-state index contributed by atoms with van der Waals surface area (Å²) in [6.07, 6.45) is 1.89. The summed E-state index contributed by atoms with van der Waals surface area (Å²) in [4.78, 5) is 13.4. The van der Waals surface area contributed by atoms with Crippen LogP contribution in [0.5, 0.6) is 0 Å². The van der Waals surface area contributed by atoms with E-state index in [1.165, 1.54) is 11.1 Å². The van der Waals surface area contributed by atoms with Gasteiger partial charge >= 0.3 is 6.92 Å². The number of benzene rings is 2. The molecule has 2 aromatic carbocycles. The van der Waals surface area contributed by atoms with Gasteiger partial charge in [0.15, 0.2) is 5.78 Å². The molecule has 0 amide bonds. The Hall–Kier alpha value is -1.52. The topological polar surface area (TPSA) is 26.3 Å². The average Bonchev–Trinajstić information content (AvgIpc) is 2.93. The van der Waals surface area contributed by atoms with Gasteiger partial charge in [0.25, 0.3) is 0 Å². The van der Waals surface area contributed by atoms with E-state index in [0.29, 0.717) is 0 Å². The van der Waals surface area contributed by atoms with Crippen molar-refractivity contribution in [1.29, 1.82) is 0 Å². The van der Waals surface area contributed by atoms with Crippen molar-refractivity contribution in [2.75, 3.05) is 5.75 Å². The predicted molar refractivity (Wildman–Crippen MR) is 127 cm³/mol. The van der Waals surface area contributed by atoms with Crippen molar-refractivity contribution in [3.8, 4) is 0 Å². The molecule has 0 bridgehead atoms. The van der Waals surface area contributed by atoms with Crippen LogP contribution in [0.2, 0.25) is 6.32 Å². The molecule has 1 fully saturated rings. The van der Waals surface area contributed by atoms with Gasteiger partial charge in [-0.25, -0.2) is 0 Å². The van der Waals surface area contributed by atoms with Crippen LogP contribution in [0.4, 0.5) is 0 Å². The van der Waals surface area contributed by atoms with Crippen LogP contribution >= 0.6 is 11.8 Å². The van der Waals surface area contributed by atoms with Crippen LogP contribution in [-0.4, -0.2) is 24.1 Å². The summed E-state index contributed by atoms with van der Waals surface area (Å²) >= 11 is 1.90. The largest absolute Gasteiger partial charge is 0.426 e. The second kappa shape index (κ2) is 8.69. The average molecular weight is 408 g/mol. The molecule has 0 N–H and O–H groups in total. The van der Waals surface area contributed by atoms with Crippen LogP contribution in [-0.2, 0) is 16.8 Å². The van der Waals surface area contributed by atoms with Crippen LogP contribution in [0.25, 0.3) is 0 Å². The van der Waals surface area contributed by atoms with E-state index < -0.39 is 0 Å². The minimum atomic E-state index is -0.227. The first-order chi connectivity index (χ1) is 13.7. The molecule has 1 saturated heterocycles. The summed E-state index contributed by atoms with van der Waals surface area (Å²) in [6, 6.07) is 14.3. The van der Waals surface area contributed by atoms with E-state index in [-0.39, 0.29) is 23.7 Å². The number of ketones is 1. The molecule has 2 nitrogen and oxygen atoms in total. The van der Waals surface area contributed by atoms with E-state index >= 15 is 0 Å². The molecule has 2 aromatic rings. The first-order valence-electron chi connectivity index (χ1n) is 10.7. The molecule has 1 aliphatic heterocycles. The maximum Gasteiger partial charge on any atom is 0.328 e. The summed E-state index contributed by atoms with van der Waals surface area (Å²) in [5, 5.41) is 0. The molecule has 0 spiro atoms. The Morgan fingerprint density at radius 1 is 1.03 bits per heavy atom. The van der Waals surface area contributed by atoms with Crippen molar-refractivity contribution >= 4 is 29.9 Å². The predicted octanol–water partition coefficient (Wildman–Crippen LogP) is 5.77. The highest BCUT2D eigenvalue weighted by atomic mass is 32.2. The standard InChI is InChI=1S/C25H33BO2S/c1-7-18-9-12-20(13-10-18)23(27)21-14-11-19(16-29-8-2)15-22(21)26-17-24(3,4)25(5,6)28-26/h9-15H,7-8,16-17H2,1-6H3. The molecule has 0 radical (unpaired) electrons. The van der Waals surface area contributed by atoms with E-state index in [1.807, 2.05) is 30.0 Å². The van der Waals surface area contributed by atoms with Crippen LogP contribution in [0, 0.1) is 5.41 Å². The molecular formula is C25H33BO2S. The molecule has 4 heteroatoms. The number of aryl methyl sites for hydroxylation is 1. The Balaban J connectivity index is 2.01. The van der Waals surface area contributed by atoms with Gasteiger partial charge in [-0.1, -0.05) is 70.2 Å². The minimum Gasteiger partial charge on any atom is -0.426 e. The third kappa shape index (κ3) is 4.64. The van der Waals surface area contributed by atoms with E-state index in [2.05, 4.69) is 65.8 Å². The van der Waals surface area contributed by atoms with Gasteiger partial charge in [0, 0.05) is 16.9 Å². The number of hydrogen-bond donors (Lipinski definition) is 0. The lowest BCUT2D eigenvalue weighted by atomic mass is 9.52. The number of hydrogen-bond acceptors (Lipinski definition) is 3. The van der Waals surface area contributed by atoms with Gasteiger partial charge in [0.05, 0.1) is 5.60 Å². The molecule has 0 unspecified atom stereocenters. The van der Waals surface area contributed by atoms with E-state index in [4.69, 9.17) is 4.65 Å². The van der Waals surface area contributed by atoms with Gasteiger partial charge in [-0.3, -0.25) is 4.79 Å². The summed E-state index contributed by atoms with van der Waals surface area (Å²) in [6.45, 7) is 13.1. The smallest absolute Gasteiger partial charge is 0.328 e. The summed E-state index contributed by atoms with van der Waals surface area (Å²) in [5.74, 6) is 2.13. The van der Waals surface area contributed by atoms with Crippen LogP contribution in [0.3, 0.4) is 0 Å². The van der Waals surface area contributed by atoms with Crippen LogP contribution in [0.1, 0.15) is 68.6 Å². The molecule has 1 aliphatic rings. The zero-order chi connectivity index (χ0) is 21.2. The van der Waals surface area contributed by atoms with Gasteiger partial charge in [-0.2, -0.15) is 11.8 Å². The lowest BCUT2D eigenvalue weighted by Gasteiger charge is -2.34. The number of carbonyl (C=O) groups is 1. The number of thioether (sulfide) groups is 1. The third-order valence-electron chi connectivity index (χ3n) is 6.57. The summed E-state index contributed by atoms with van der Waals surface area (Å²) in [7, 11) is 0. The van der Waals surface area contributed by atoms with Crippen molar-refractivity contribution in [3.05, 3.63) is 64.7 Å². The van der Waals surface area contributed by atoms with Crippen molar-refractivity contribution in [2.24, 2.45) is 5.41 Å². The highest BCUT2D eigenvalue weighted by Gasteiger charge is 2.50. The SMILES string of the molecule is CCSCc1ccc(C(=O)c2ccc(CC)cc2)c(B2CC(C)(C)C(C)(C)O2)c1. The normalized spacial score (nSPS) is 17.5. The number of rotatable bonds is 7. The molecule has 0 saturated carbocycles. The molecule has 3 rings (SSSR count). The van der Waals surface area contributed by atoms with E-state index in [1.54, 1.807) is 0 Å². The maximum absolute atomic E-state index is 13.4. The van der Waals surface area contributed by atoms with E-state index in [0.717, 1.165) is 40.8 Å². The lowest BCUT2D eigenvalue weighted by Crippen LogP contribution is -2.38. The third-order valence-corrected chi connectivity index (χ3v) is 7.51. The van der Waals surface area contributed by atoms with Crippen LogP contribution < -0.4 is 5.46 Å². The molecule has 154 valence electrons. The van der Waals surface area contributed by atoms with Crippen molar-refractivity contribution in [1.82, 2.24) is 0 Å². The van der Waals surface area contributed by atoms with Crippen molar-refractivity contribution < 1.29 is 9.45 Å². The Morgan fingerprint density at radius 3 is 2.24 bits per heavy atom. The van der Waals surface area contributed by atoms with Crippen molar-refractivity contribution in [2.45, 2.75) is 65.6 Å². The Kier molecular flexibility index (Phi) is 6.65. The quantitative estimate of drug-likeness (QED) is 0.430. The van der Waals surface area contributed by atoms with E-state index in [9.17, 15) is 4.79 Å². The number of carbonyl (C=O) groups excluding carboxylic acids is 1. The first kappa shape index (κ1) is 22.2. The van der Waals surface area contributed by atoms with Gasteiger partial charge in [0.2, 0.25) is 0 Å². The molecule has 0 aliphatic carbocycles. The van der Waals surface area contributed by atoms with Gasteiger partial charge < -0.3 is 4.65 Å². The monoisotopic (exact) mass is 408 g/mol.